The number of aromatic nitrogens is 3. The normalized spacial score (nSPS) is 17.5. The molecule has 0 atom stereocenters. The number of piperazine rings is 1. The molecule has 11 heteroatoms. The van der Waals surface area contributed by atoms with Gasteiger partial charge < -0.3 is 14.8 Å². The first kappa shape index (κ1) is 22.4. The SMILES string of the molecule is CC(=O)N1CCN(S(=O)(=O)c2cccc(C(=O)NCc3nnc4n3CCCCC4)c2)CC1. The summed E-state index contributed by atoms with van der Waals surface area (Å²) in [5.41, 5.74) is 0.268. The number of fused-ring (bicyclic) bond motifs is 1. The number of carbonyl (C=O) groups is 2. The highest BCUT2D eigenvalue weighted by molar-refractivity contribution is 7.89. The van der Waals surface area contributed by atoms with E-state index in [0.29, 0.717) is 18.9 Å². The number of sulfonamides is 1. The topological polar surface area (TPSA) is 118 Å². The average molecular weight is 461 g/mol. The lowest BCUT2D eigenvalue weighted by molar-refractivity contribution is -0.129. The second-order valence-corrected chi connectivity index (χ2v) is 10.1. The Labute approximate surface area is 187 Å². The molecule has 2 amide bonds. The van der Waals surface area contributed by atoms with E-state index >= 15 is 0 Å². The van der Waals surface area contributed by atoms with Gasteiger partial charge in [-0.05, 0) is 31.0 Å². The molecule has 0 radical (unpaired) electrons. The van der Waals surface area contributed by atoms with Crippen LogP contribution in [0.3, 0.4) is 0 Å². The standard InChI is InChI=1S/C21H28N6O4S/c1-16(28)25-10-12-26(13-11-25)32(30,31)18-7-5-6-17(14-18)21(29)22-15-20-24-23-19-8-3-2-4-9-27(19)20/h5-7,14H,2-4,8-13,15H2,1H3,(H,22,29). The van der Waals surface area contributed by atoms with Gasteiger partial charge in [-0.2, -0.15) is 4.31 Å². The minimum absolute atomic E-state index is 0.0646. The minimum Gasteiger partial charge on any atom is -0.345 e. The number of hydrogen-bond acceptors (Lipinski definition) is 6. The maximum atomic E-state index is 13.0. The fraction of sp³-hybridized carbons (Fsp3) is 0.524. The minimum atomic E-state index is -3.75. The lowest BCUT2D eigenvalue weighted by atomic mass is 10.2. The Balaban J connectivity index is 1.43. The van der Waals surface area contributed by atoms with Crippen LogP contribution >= 0.6 is 0 Å². The van der Waals surface area contributed by atoms with Crippen molar-refractivity contribution in [1.29, 1.82) is 0 Å². The van der Waals surface area contributed by atoms with Crippen molar-refractivity contribution in [3.63, 3.8) is 0 Å². The molecule has 0 bridgehead atoms. The molecule has 2 aliphatic heterocycles. The van der Waals surface area contributed by atoms with E-state index in [0.717, 1.165) is 38.1 Å². The third kappa shape index (κ3) is 4.68. The predicted octanol–water partition coefficient (Wildman–Crippen LogP) is 0.787. The van der Waals surface area contributed by atoms with Crippen LogP contribution in [0, 0.1) is 0 Å². The summed E-state index contributed by atoms with van der Waals surface area (Å²) in [4.78, 5) is 25.9. The van der Waals surface area contributed by atoms with E-state index in [4.69, 9.17) is 0 Å². The van der Waals surface area contributed by atoms with E-state index in [1.165, 1.54) is 23.4 Å². The fourth-order valence-electron chi connectivity index (χ4n) is 4.13. The molecular formula is C21H28N6O4S. The second-order valence-electron chi connectivity index (χ2n) is 8.12. The zero-order chi connectivity index (χ0) is 22.7. The second kappa shape index (κ2) is 9.37. The van der Waals surface area contributed by atoms with Gasteiger partial charge in [0.15, 0.2) is 5.82 Å². The Morgan fingerprint density at radius 1 is 1.03 bits per heavy atom. The molecule has 2 aromatic rings. The van der Waals surface area contributed by atoms with E-state index in [-0.39, 0.29) is 41.9 Å². The van der Waals surface area contributed by atoms with Crippen LogP contribution < -0.4 is 5.32 Å². The molecule has 0 spiro atoms. The first-order valence-electron chi connectivity index (χ1n) is 10.9. The molecule has 1 aromatic heterocycles. The van der Waals surface area contributed by atoms with Crippen LogP contribution in [0.4, 0.5) is 0 Å². The Morgan fingerprint density at radius 2 is 1.81 bits per heavy atom. The number of benzene rings is 1. The molecule has 1 aromatic carbocycles. The molecule has 10 nitrogen and oxygen atoms in total. The van der Waals surface area contributed by atoms with Crippen molar-refractivity contribution in [2.75, 3.05) is 26.2 Å². The van der Waals surface area contributed by atoms with Crippen molar-refractivity contribution in [1.82, 2.24) is 29.3 Å². The maximum Gasteiger partial charge on any atom is 0.251 e. The first-order chi connectivity index (χ1) is 15.4. The van der Waals surface area contributed by atoms with Crippen LogP contribution in [0.15, 0.2) is 29.2 Å². The monoisotopic (exact) mass is 460 g/mol. The van der Waals surface area contributed by atoms with E-state index in [9.17, 15) is 18.0 Å². The number of hydrogen-bond donors (Lipinski definition) is 1. The van der Waals surface area contributed by atoms with Crippen LogP contribution in [0.2, 0.25) is 0 Å². The first-order valence-corrected chi connectivity index (χ1v) is 12.3. The van der Waals surface area contributed by atoms with Gasteiger partial charge in [0, 0.05) is 51.6 Å². The fourth-order valence-corrected chi connectivity index (χ4v) is 5.60. The van der Waals surface area contributed by atoms with Crippen LogP contribution in [0.1, 0.15) is 48.2 Å². The van der Waals surface area contributed by atoms with Gasteiger partial charge in [0.1, 0.15) is 5.82 Å². The van der Waals surface area contributed by atoms with E-state index in [1.54, 1.807) is 17.0 Å². The molecule has 172 valence electrons. The quantitative estimate of drug-likeness (QED) is 0.705. The van der Waals surface area contributed by atoms with Gasteiger partial charge in [0.2, 0.25) is 15.9 Å². The van der Waals surface area contributed by atoms with Crippen LogP contribution in [0.25, 0.3) is 0 Å². The number of carbonyl (C=O) groups excluding carboxylic acids is 2. The number of amides is 2. The van der Waals surface area contributed by atoms with Crippen molar-refractivity contribution in [3.8, 4) is 0 Å². The summed E-state index contributed by atoms with van der Waals surface area (Å²) in [5, 5.41) is 11.3. The van der Waals surface area contributed by atoms with Gasteiger partial charge in [0.05, 0.1) is 11.4 Å². The molecule has 1 N–H and O–H groups in total. The highest BCUT2D eigenvalue weighted by Gasteiger charge is 2.29. The van der Waals surface area contributed by atoms with Crippen molar-refractivity contribution in [2.45, 2.75) is 50.6 Å². The number of aryl methyl sites for hydroxylation is 1. The summed E-state index contributed by atoms with van der Waals surface area (Å²) in [6.45, 7) is 3.73. The number of rotatable bonds is 5. The third-order valence-electron chi connectivity index (χ3n) is 6.01. The van der Waals surface area contributed by atoms with Crippen LogP contribution in [-0.2, 0) is 34.3 Å². The molecule has 3 heterocycles. The van der Waals surface area contributed by atoms with Crippen LogP contribution in [0.5, 0.6) is 0 Å². The van der Waals surface area contributed by atoms with Gasteiger partial charge in [-0.1, -0.05) is 12.5 Å². The molecule has 0 saturated carbocycles. The maximum absolute atomic E-state index is 13.0. The summed E-state index contributed by atoms with van der Waals surface area (Å²) in [7, 11) is -3.75. The third-order valence-corrected chi connectivity index (χ3v) is 7.91. The summed E-state index contributed by atoms with van der Waals surface area (Å²) in [5.74, 6) is 1.23. The average Bonchev–Trinajstić information content (AvgIpc) is 3.03. The Morgan fingerprint density at radius 3 is 2.56 bits per heavy atom. The van der Waals surface area contributed by atoms with E-state index < -0.39 is 10.0 Å². The zero-order valence-corrected chi connectivity index (χ0v) is 19.0. The summed E-state index contributed by atoms with van der Waals surface area (Å²) in [6.07, 6.45) is 4.20. The smallest absolute Gasteiger partial charge is 0.251 e. The van der Waals surface area contributed by atoms with Crippen molar-refractivity contribution >= 4 is 21.8 Å². The Hall–Kier alpha value is -2.79. The largest absolute Gasteiger partial charge is 0.345 e. The number of nitrogens with zero attached hydrogens (tertiary/aromatic N) is 5. The van der Waals surface area contributed by atoms with E-state index in [1.807, 2.05) is 0 Å². The lowest BCUT2D eigenvalue weighted by Gasteiger charge is -2.33. The van der Waals surface area contributed by atoms with E-state index in [2.05, 4.69) is 20.1 Å². The highest BCUT2D eigenvalue weighted by atomic mass is 32.2. The van der Waals surface area contributed by atoms with Gasteiger partial charge >= 0.3 is 0 Å². The molecule has 2 aliphatic rings. The van der Waals surface area contributed by atoms with Gasteiger partial charge in [-0.15, -0.1) is 10.2 Å². The molecule has 1 fully saturated rings. The Kier molecular flexibility index (Phi) is 6.56. The summed E-state index contributed by atoms with van der Waals surface area (Å²) >= 11 is 0. The van der Waals surface area contributed by atoms with Gasteiger partial charge in [-0.25, -0.2) is 8.42 Å². The summed E-state index contributed by atoms with van der Waals surface area (Å²) in [6, 6.07) is 6.04. The van der Waals surface area contributed by atoms with Gasteiger partial charge in [-0.3, -0.25) is 9.59 Å². The Bertz CT molecular complexity index is 1110. The van der Waals surface area contributed by atoms with Crippen molar-refractivity contribution in [3.05, 3.63) is 41.5 Å². The predicted molar refractivity (Wildman–Crippen MR) is 116 cm³/mol. The molecule has 0 aliphatic carbocycles. The van der Waals surface area contributed by atoms with Gasteiger partial charge in [0.25, 0.3) is 5.91 Å². The molecule has 32 heavy (non-hydrogen) atoms. The van der Waals surface area contributed by atoms with Crippen molar-refractivity contribution < 1.29 is 18.0 Å². The zero-order valence-electron chi connectivity index (χ0n) is 18.2. The highest BCUT2D eigenvalue weighted by Crippen LogP contribution is 2.19. The van der Waals surface area contributed by atoms with Crippen LogP contribution in [-0.4, -0.2) is 70.4 Å². The van der Waals surface area contributed by atoms with Crippen molar-refractivity contribution in [2.24, 2.45) is 0 Å². The molecule has 4 rings (SSSR count). The summed E-state index contributed by atoms with van der Waals surface area (Å²) < 4.78 is 29.5. The molecular weight excluding hydrogens is 432 g/mol. The lowest BCUT2D eigenvalue weighted by Crippen LogP contribution is -2.49. The molecule has 0 unspecified atom stereocenters. The molecule has 1 saturated heterocycles. The number of nitrogens with one attached hydrogen (secondary N) is 1.